The van der Waals surface area contributed by atoms with Crippen molar-refractivity contribution in [2.45, 2.75) is 26.0 Å². The highest BCUT2D eigenvalue weighted by Crippen LogP contribution is 2.35. The number of hydrogen-bond donors (Lipinski definition) is 1. The zero-order chi connectivity index (χ0) is 21.9. The molecule has 8 nitrogen and oxygen atoms in total. The van der Waals surface area contributed by atoms with Gasteiger partial charge in [0, 0.05) is 5.56 Å². The van der Waals surface area contributed by atoms with Crippen molar-refractivity contribution >= 4 is 21.6 Å². The van der Waals surface area contributed by atoms with E-state index in [2.05, 4.69) is 5.32 Å². The van der Waals surface area contributed by atoms with E-state index in [1.807, 2.05) is 6.92 Å². The number of carbonyl (C=O) groups is 1. The van der Waals surface area contributed by atoms with Gasteiger partial charge in [-0.3, -0.25) is 9.10 Å². The van der Waals surface area contributed by atoms with Gasteiger partial charge in [0.1, 0.15) is 17.2 Å². The predicted molar refractivity (Wildman–Crippen MR) is 114 cm³/mol. The van der Waals surface area contributed by atoms with Gasteiger partial charge in [-0.05, 0) is 44.2 Å². The molecule has 0 radical (unpaired) electrons. The largest absolute Gasteiger partial charge is 0.497 e. The molecule has 1 aliphatic rings. The van der Waals surface area contributed by atoms with Crippen LogP contribution in [0, 0.1) is 0 Å². The van der Waals surface area contributed by atoms with Gasteiger partial charge in [-0.1, -0.05) is 12.1 Å². The first kappa shape index (κ1) is 21.8. The summed E-state index contributed by atoms with van der Waals surface area (Å²) in [5.41, 5.74) is 1.17. The minimum atomic E-state index is -3.56. The fraction of sp³-hybridized carbons (Fsp3) is 0.381. The summed E-state index contributed by atoms with van der Waals surface area (Å²) in [6.45, 7) is 3.28. The van der Waals surface area contributed by atoms with Crippen molar-refractivity contribution < 1.29 is 27.4 Å². The number of rotatable bonds is 7. The van der Waals surface area contributed by atoms with Crippen LogP contribution >= 0.6 is 0 Å². The molecule has 3 rings (SSSR count). The van der Waals surface area contributed by atoms with Crippen molar-refractivity contribution in [3.8, 4) is 17.2 Å². The van der Waals surface area contributed by atoms with Gasteiger partial charge in [0.05, 0.1) is 38.2 Å². The van der Waals surface area contributed by atoms with Crippen LogP contribution in [0.3, 0.4) is 0 Å². The van der Waals surface area contributed by atoms with Crippen LogP contribution in [0.1, 0.15) is 25.5 Å². The molecule has 1 N–H and O–H groups in total. The van der Waals surface area contributed by atoms with Crippen molar-refractivity contribution in [3.05, 3.63) is 48.0 Å². The zero-order valence-corrected chi connectivity index (χ0v) is 18.2. The molecule has 1 amide bonds. The molecule has 0 saturated heterocycles. The van der Waals surface area contributed by atoms with Crippen LogP contribution in [0.2, 0.25) is 0 Å². The summed E-state index contributed by atoms with van der Waals surface area (Å²) in [4.78, 5) is 13.0. The summed E-state index contributed by atoms with van der Waals surface area (Å²) in [7, 11) is -0.454. The van der Waals surface area contributed by atoms with Crippen LogP contribution in [0.25, 0.3) is 0 Å². The predicted octanol–water partition coefficient (Wildman–Crippen LogP) is 2.50. The number of nitrogens with zero attached hydrogens (tertiary/aromatic N) is 1. The molecule has 1 aliphatic heterocycles. The van der Waals surface area contributed by atoms with Gasteiger partial charge in [0.15, 0.2) is 6.10 Å². The Bertz CT molecular complexity index is 1020. The molecule has 0 saturated carbocycles. The van der Waals surface area contributed by atoms with Crippen LogP contribution < -0.4 is 23.8 Å². The molecule has 9 heteroatoms. The lowest BCUT2D eigenvalue weighted by Gasteiger charge is -2.35. The third kappa shape index (κ3) is 4.30. The molecule has 0 aromatic heterocycles. The number of carbonyl (C=O) groups excluding carboxylic acids is 1. The van der Waals surface area contributed by atoms with Crippen LogP contribution in [0.4, 0.5) is 5.69 Å². The normalized spacial score (nSPS) is 16.8. The molecule has 0 aliphatic carbocycles. The fourth-order valence-corrected chi connectivity index (χ4v) is 4.44. The summed E-state index contributed by atoms with van der Waals surface area (Å²) in [5, 5.41) is 2.89. The van der Waals surface area contributed by atoms with E-state index in [4.69, 9.17) is 14.2 Å². The van der Waals surface area contributed by atoms with Gasteiger partial charge >= 0.3 is 0 Å². The van der Waals surface area contributed by atoms with E-state index in [0.717, 1.165) is 5.56 Å². The summed E-state index contributed by atoms with van der Waals surface area (Å²) in [5.74, 6) is 1.10. The van der Waals surface area contributed by atoms with Crippen LogP contribution in [-0.4, -0.2) is 46.9 Å². The number of sulfonamides is 1. The van der Waals surface area contributed by atoms with E-state index >= 15 is 0 Å². The maximum Gasteiger partial charge on any atom is 0.263 e. The highest BCUT2D eigenvalue weighted by Gasteiger charge is 2.36. The number of para-hydroxylation sites is 2. The highest BCUT2D eigenvalue weighted by atomic mass is 32.2. The second-order valence-corrected chi connectivity index (χ2v) is 9.03. The van der Waals surface area contributed by atoms with Crippen molar-refractivity contribution in [1.29, 1.82) is 0 Å². The Morgan fingerprint density at radius 3 is 2.63 bits per heavy atom. The maximum absolute atomic E-state index is 13.0. The lowest BCUT2D eigenvalue weighted by Crippen LogP contribution is -2.51. The number of nitrogens with one attached hydrogen (secondary N) is 1. The molecule has 2 aromatic rings. The van der Waals surface area contributed by atoms with Crippen molar-refractivity contribution in [2.24, 2.45) is 0 Å². The Hall–Kier alpha value is -2.94. The lowest BCUT2D eigenvalue weighted by atomic mass is 10.1. The van der Waals surface area contributed by atoms with Gasteiger partial charge in [0.2, 0.25) is 10.0 Å². The molecule has 0 fully saturated rings. The molecule has 0 unspecified atom stereocenters. The Labute approximate surface area is 176 Å². The van der Waals surface area contributed by atoms with E-state index in [1.54, 1.807) is 63.6 Å². The number of amides is 1. The maximum atomic E-state index is 13.0. The van der Waals surface area contributed by atoms with Crippen LogP contribution in [-0.2, 0) is 14.8 Å². The Morgan fingerprint density at radius 1 is 1.23 bits per heavy atom. The monoisotopic (exact) mass is 434 g/mol. The molecule has 30 heavy (non-hydrogen) atoms. The number of benzene rings is 2. The SMILES string of the molecule is CCS(=O)(=O)N1C[C@H](C(=O)N[C@@H](C)c2cc(OC)ccc2OC)Oc2ccccc21. The quantitative estimate of drug-likeness (QED) is 0.720. The molecule has 0 spiro atoms. The van der Waals surface area contributed by atoms with E-state index in [1.165, 1.54) is 4.31 Å². The average Bonchev–Trinajstić information content (AvgIpc) is 2.77. The van der Waals surface area contributed by atoms with Gasteiger partial charge in [-0.2, -0.15) is 0 Å². The molecular weight excluding hydrogens is 408 g/mol. The second-order valence-electron chi connectivity index (χ2n) is 6.84. The van der Waals surface area contributed by atoms with Crippen LogP contribution in [0.15, 0.2) is 42.5 Å². The number of ether oxygens (including phenoxy) is 3. The fourth-order valence-electron chi connectivity index (χ4n) is 3.32. The number of methoxy groups -OCH3 is 2. The summed E-state index contributed by atoms with van der Waals surface area (Å²) < 4.78 is 42.9. The lowest BCUT2D eigenvalue weighted by molar-refractivity contribution is -0.128. The van der Waals surface area contributed by atoms with E-state index in [0.29, 0.717) is 22.9 Å². The first-order valence-electron chi connectivity index (χ1n) is 9.59. The molecule has 2 aromatic carbocycles. The minimum absolute atomic E-state index is 0.0763. The van der Waals surface area contributed by atoms with Gasteiger partial charge < -0.3 is 19.5 Å². The third-order valence-corrected chi connectivity index (χ3v) is 6.74. The van der Waals surface area contributed by atoms with Gasteiger partial charge in [-0.25, -0.2) is 8.42 Å². The molecule has 1 heterocycles. The highest BCUT2D eigenvalue weighted by molar-refractivity contribution is 7.92. The van der Waals surface area contributed by atoms with Crippen molar-refractivity contribution in [2.75, 3.05) is 30.8 Å². The molecule has 0 bridgehead atoms. The first-order valence-corrected chi connectivity index (χ1v) is 11.2. The van der Waals surface area contributed by atoms with E-state index in [-0.39, 0.29) is 12.3 Å². The first-order chi connectivity index (χ1) is 14.3. The van der Waals surface area contributed by atoms with Crippen LogP contribution in [0.5, 0.6) is 17.2 Å². The average molecular weight is 435 g/mol. The minimum Gasteiger partial charge on any atom is -0.497 e. The summed E-state index contributed by atoms with van der Waals surface area (Å²) >= 11 is 0. The summed E-state index contributed by atoms with van der Waals surface area (Å²) in [6.07, 6.45) is -0.986. The van der Waals surface area contributed by atoms with E-state index < -0.39 is 28.1 Å². The Balaban J connectivity index is 1.84. The standard InChI is InChI=1S/C21H26N2O6S/c1-5-30(25,26)23-13-20(29-19-9-7-6-8-17(19)23)21(24)22-14(2)16-12-15(27-3)10-11-18(16)28-4/h6-12,14,20H,5,13H2,1-4H3,(H,22,24)/t14-,20+/m0/s1. The zero-order valence-electron chi connectivity index (χ0n) is 17.4. The molecule has 2 atom stereocenters. The Morgan fingerprint density at radius 2 is 1.97 bits per heavy atom. The number of hydrogen-bond acceptors (Lipinski definition) is 6. The molecule has 162 valence electrons. The molecular formula is C21H26N2O6S. The number of anilines is 1. The van der Waals surface area contributed by atoms with Crippen molar-refractivity contribution in [3.63, 3.8) is 0 Å². The van der Waals surface area contributed by atoms with Crippen molar-refractivity contribution in [1.82, 2.24) is 5.32 Å². The van der Waals surface area contributed by atoms with E-state index in [9.17, 15) is 13.2 Å². The Kier molecular flexibility index (Phi) is 6.40. The summed E-state index contributed by atoms with van der Waals surface area (Å²) in [6, 6.07) is 11.7. The van der Waals surface area contributed by atoms with Gasteiger partial charge in [0.25, 0.3) is 5.91 Å². The number of fused-ring (bicyclic) bond motifs is 1. The second kappa shape index (κ2) is 8.83. The third-order valence-electron chi connectivity index (χ3n) is 4.99. The topological polar surface area (TPSA) is 94.2 Å². The van der Waals surface area contributed by atoms with Gasteiger partial charge in [-0.15, -0.1) is 0 Å². The smallest absolute Gasteiger partial charge is 0.263 e.